The summed E-state index contributed by atoms with van der Waals surface area (Å²) < 4.78 is 35.0. The lowest BCUT2D eigenvalue weighted by Gasteiger charge is -2.32. The molecular weight excluding hydrogens is 438 g/mol. The van der Waals surface area contributed by atoms with Crippen LogP contribution in [0.25, 0.3) is 0 Å². The summed E-state index contributed by atoms with van der Waals surface area (Å²) >= 11 is 5.89. The van der Waals surface area contributed by atoms with E-state index in [1.165, 1.54) is 6.26 Å². The molecule has 2 aromatic rings. The molecule has 0 heterocycles. The highest BCUT2D eigenvalue weighted by molar-refractivity contribution is 7.90. The van der Waals surface area contributed by atoms with Crippen molar-refractivity contribution in [2.24, 2.45) is 0 Å². The van der Waals surface area contributed by atoms with E-state index in [-0.39, 0.29) is 22.9 Å². The van der Waals surface area contributed by atoms with Crippen molar-refractivity contribution in [1.29, 1.82) is 0 Å². The van der Waals surface area contributed by atoms with Crippen molar-refractivity contribution in [3.8, 4) is 11.5 Å². The molecule has 0 unspecified atom stereocenters. The van der Waals surface area contributed by atoms with Gasteiger partial charge in [-0.1, -0.05) is 11.6 Å². The van der Waals surface area contributed by atoms with Gasteiger partial charge < -0.3 is 14.8 Å². The summed E-state index contributed by atoms with van der Waals surface area (Å²) in [5.74, 6) is 1.07. The molecule has 31 heavy (non-hydrogen) atoms. The maximum Gasteiger partial charge on any atom is 0.263 e. The first-order valence-electron chi connectivity index (χ1n) is 10.3. The van der Waals surface area contributed by atoms with E-state index in [1.54, 1.807) is 62.4 Å². The Morgan fingerprint density at radius 3 is 2.06 bits per heavy atom. The number of amides is 1. The minimum atomic E-state index is -3.22. The lowest BCUT2D eigenvalue weighted by Crippen LogP contribution is -2.51. The van der Waals surface area contributed by atoms with E-state index in [9.17, 15) is 13.2 Å². The summed E-state index contributed by atoms with van der Waals surface area (Å²) in [6.07, 6.45) is 4.42. The van der Waals surface area contributed by atoms with Crippen LogP contribution in [0.3, 0.4) is 0 Å². The van der Waals surface area contributed by atoms with Gasteiger partial charge in [0, 0.05) is 17.3 Å². The molecule has 0 atom stereocenters. The maximum absolute atomic E-state index is 12.7. The molecule has 0 bridgehead atoms. The zero-order valence-electron chi connectivity index (χ0n) is 17.9. The number of rotatable bonds is 7. The molecule has 0 aliphatic heterocycles. The largest absolute Gasteiger partial charge is 0.490 e. The highest BCUT2D eigenvalue weighted by Gasteiger charge is 2.33. The number of carbonyl (C=O) groups excluding carboxylic acids is 1. The first-order chi connectivity index (χ1) is 14.5. The van der Waals surface area contributed by atoms with Crippen LogP contribution in [0.1, 0.15) is 39.5 Å². The molecular formula is C23H28ClNO5S. The topological polar surface area (TPSA) is 81.7 Å². The Labute approximate surface area is 188 Å². The molecule has 2 aromatic carbocycles. The minimum absolute atomic E-state index is 0.0376. The molecule has 3 rings (SSSR count). The van der Waals surface area contributed by atoms with Gasteiger partial charge in [-0.05, 0) is 88.1 Å². The number of halogens is 1. The molecule has 0 spiro atoms. The number of nitrogens with one attached hydrogen (secondary N) is 1. The maximum atomic E-state index is 12.7. The molecule has 1 aliphatic rings. The Hall–Kier alpha value is -2.25. The van der Waals surface area contributed by atoms with Gasteiger partial charge in [0.2, 0.25) is 0 Å². The lowest BCUT2D eigenvalue weighted by molar-refractivity contribution is -0.135. The molecule has 1 saturated carbocycles. The van der Waals surface area contributed by atoms with Gasteiger partial charge in [0.15, 0.2) is 15.4 Å². The van der Waals surface area contributed by atoms with E-state index >= 15 is 0 Å². The highest BCUT2D eigenvalue weighted by Crippen LogP contribution is 2.26. The third-order valence-corrected chi connectivity index (χ3v) is 6.68. The Balaban J connectivity index is 1.48. The van der Waals surface area contributed by atoms with Crippen LogP contribution < -0.4 is 14.8 Å². The van der Waals surface area contributed by atoms with E-state index in [1.807, 2.05) is 0 Å². The van der Waals surface area contributed by atoms with Crippen LogP contribution >= 0.6 is 11.6 Å². The molecule has 6 nitrogen and oxygen atoms in total. The van der Waals surface area contributed by atoms with Gasteiger partial charge in [0.05, 0.1) is 11.0 Å². The van der Waals surface area contributed by atoms with Gasteiger partial charge in [0.25, 0.3) is 5.91 Å². The fraction of sp³-hybridized carbons (Fsp3) is 0.435. The van der Waals surface area contributed by atoms with Crippen molar-refractivity contribution >= 4 is 27.3 Å². The fourth-order valence-electron chi connectivity index (χ4n) is 3.49. The third-order valence-electron chi connectivity index (χ3n) is 5.30. The van der Waals surface area contributed by atoms with Crippen molar-refractivity contribution in [1.82, 2.24) is 5.32 Å². The molecule has 1 aliphatic carbocycles. The second-order valence-electron chi connectivity index (χ2n) is 8.37. The normalized spacial score (nSPS) is 19.5. The zero-order chi connectivity index (χ0) is 22.6. The van der Waals surface area contributed by atoms with Gasteiger partial charge >= 0.3 is 0 Å². The van der Waals surface area contributed by atoms with Crippen LogP contribution in [0.5, 0.6) is 11.5 Å². The average molecular weight is 466 g/mol. The third kappa shape index (κ3) is 6.61. The SMILES string of the molecule is CC(C)(Oc1ccc(Cl)cc1)C(=O)NC1CCC(Oc2ccc(S(C)(=O)=O)cc2)CC1. The second-order valence-corrected chi connectivity index (χ2v) is 10.8. The standard InChI is InChI=1S/C23H28ClNO5S/c1-23(2,30-20-8-4-16(24)5-9-20)22(26)25-17-6-10-18(11-7-17)29-19-12-14-21(15-13-19)31(3,27)28/h4-5,8-9,12-15,17-18H,6-7,10-11H2,1-3H3,(H,25,26). The molecule has 168 valence electrons. The zero-order valence-corrected chi connectivity index (χ0v) is 19.5. The number of sulfone groups is 1. The van der Waals surface area contributed by atoms with Crippen LogP contribution in [-0.4, -0.2) is 38.3 Å². The van der Waals surface area contributed by atoms with Crippen molar-refractivity contribution < 1.29 is 22.7 Å². The van der Waals surface area contributed by atoms with Crippen molar-refractivity contribution in [2.45, 2.75) is 62.2 Å². The number of hydrogen-bond donors (Lipinski definition) is 1. The van der Waals surface area contributed by atoms with Gasteiger partial charge in [-0.25, -0.2) is 8.42 Å². The van der Waals surface area contributed by atoms with E-state index in [0.717, 1.165) is 25.7 Å². The average Bonchev–Trinajstić information content (AvgIpc) is 2.71. The fourth-order valence-corrected chi connectivity index (χ4v) is 4.24. The summed E-state index contributed by atoms with van der Waals surface area (Å²) in [4.78, 5) is 13.0. The molecule has 0 radical (unpaired) electrons. The van der Waals surface area contributed by atoms with Crippen LogP contribution in [0.15, 0.2) is 53.4 Å². The number of hydrogen-bond acceptors (Lipinski definition) is 5. The first kappa shape index (κ1) is 23.4. The summed E-state index contributed by atoms with van der Waals surface area (Å²) in [6, 6.07) is 13.5. The van der Waals surface area contributed by atoms with Crippen molar-refractivity contribution in [3.63, 3.8) is 0 Å². The van der Waals surface area contributed by atoms with Gasteiger partial charge in [-0.2, -0.15) is 0 Å². The van der Waals surface area contributed by atoms with E-state index < -0.39 is 15.4 Å². The number of ether oxygens (including phenoxy) is 2. The van der Waals surface area contributed by atoms with Crippen LogP contribution in [0, 0.1) is 0 Å². The second kappa shape index (κ2) is 9.49. The summed E-state index contributed by atoms with van der Waals surface area (Å²) in [5, 5.41) is 3.70. The molecule has 1 amide bonds. The molecule has 8 heteroatoms. The van der Waals surface area contributed by atoms with E-state index in [2.05, 4.69) is 5.32 Å². The quantitative estimate of drug-likeness (QED) is 0.655. The lowest BCUT2D eigenvalue weighted by atomic mass is 9.92. The number of carbonyl (C=O) groups is 1. The molecule has 1 fully saturated rings. The van der Waals surface area contributed by atoms with Crippen LogP contribution in [0.4, 0.5) is 0 Å². The van der Waals surface area contributed by atoms with Crippen LogP contribution in [-0.2, 0) is 14.6 Å². The van der Waals surface area contributed by atoms with Gasteiger partial charge in [-0.3, -0.25) is 4.79 Å². The van der Waals surface area contributed by atoms with E-state index in [0.29, 0.717) is 16.5 Å². The van der Waals surface area contributed by atoms with Crippen molar-refractivity contribution in [3.05, 3.63) is 53.6 Å². The predicted octanol–water partition coefficient (Wildman–Crippen LogP) is 4.41. The summed E-state index contributed by atoms with van der Waals surface area (Å²) in [6.45, 7) is 3.48. The van der Waals surface area contributed by atoms with Gasteiger partial charge in [-0.15, -0.1) is 0 Å². The summed E-state index contributed by atoms with van der Waals surface area (Å²) in [5.41, 5.74) is -1.01. The summed E-state index contributed by atoms with van der Waals surface area (Å²) in [7, 11) is -3.22. The van der Waals surface area contributed by atoms with Crippen molar-refractivity contribution in [2.75, 3.05) is 6.26 Å². The Kier molecular flexibility index (Phi) is 7.17. The first-order valence-corrected chi connectivity index (χ1v) is 12.5. The smallest absolute Gasteiger partial charge is 0.263 e. The highest BCUT2D eigenvalue weighted by atomic mass is 35.5. The molecule has 0 saturated heterocycles. The van der Waals surface area contributed by atoms with Crippen LogP contribution in [0.2, 0.25) is 5.02 Å². The Morgan fingerprint density at radius 1 is 0.968 bits per heavy atom. The molecule has 1 N–H and O–H groups in total. The monoisotopic (exact) mass is 465 g/mol. The van der Waals surface area contributed by atoms with Gasteiger partial charge in [0.1, 0.15) is 11.5 Å². The minimum Gasteiger partial charge on any atom is -0.490 e. The Morgan fingerprint density at radius 2 is 1.52 bits per heavy atom. The Bertz CT molecular complexity index is 995. The predicted molar refractivity (Wildman–Crippen MR) is 121 cm³/mol. The molecule has 0 aromatic heterocycles. The van der Waals surface area contributed by atoms with E-state index in [4.69, 9.17) is 21.1 Å². The number of benzene rings is 2.